The third-order valence-corrected chi connectivity index (χ3v) is 4.03. The number of halogens is 2. The van der Waals surface area contributed by atoms with Crippen LogP contribution in [0.5, 0.6) is 0 Å². The lowest BCUT2D eigenvalue weighted by molar-refractivity contribution is 0.00755. The number of anilines is 1. The summed E-state index contributed by atoms with van der Waals surface area (Å²) in [6.07, 6.45) is 4.46. The molecule has 1 saturated carbocycles. The summed E-state index contributed by atoms with van der Waals surface area (Å²) in [6, 6.07) is 3.90. The summed E-state index contributed by atoms with van der Waals surface area (Å²) >= 11 is 3.15. The van der Waals surface area contributed by atoms with E-state index in [9.17, 15) is 14.3 Å². The van der Waals surface area contributed by atoms with Gasteiger partial charge >= 0.3 is 6.03 Å². The van der Waals surface area contributed by atoms with Crippen LogP contribution < -0.4 is 10.6 Å². The molecule has 0 bridgehead atoms. The zero-order valence-corrected chi connectivity index (χ0v) is 12.7. The van der Waals surface area contributed by atoms with Crippen molar-refractivity contribution in [2.75, 3.05) is 11.9 Å². The van der Waals surface area contributed by atoms with Crippen LogP contribution in [0.25, 0.3) is 0 Å². The Morgan fingerprint density at radius 3 is 2.70 bits per heavy atom. The van der Waals surface area contributed by atoms with E-state index >= 15 is 0 Å². The molecule has 1 aliphatic carbocycles. The Morgan fingerprint density at radius 1 is 1.35 bits per heavy atom. The Bertz CT molecular complexity index is 490. The van der Waals surface area contributed by atoms with Gasteiger partial charge in [0.25, 0.3) is 0 Å². The summed E-state index contributed by atoms with van der Waals surface area (Å²) in [5.41, 5.74) is -0.713. The Balaban J connectivity index is 1.86. The maximum Gasteiger partial charge on any atom is 0.319 e. The summed E-state index contributed by atoms with van der Waals surface area (Å²) in [5.74, 6) is -0.508. The fourth-order valence-corrected chi connectivity index (χ4v) is 2.72. The molecular formula is C14H18BrFN2O2. The van der Waals surface area contributed by atoms with Gasteiger partial charge in [-0.1, -0.05) is 35.2 Å². The van der Waals surface area contributed by atoms with E-state index in [-0.39, 0.29) is 12.2 Å². The number of nitrogens with one attached hydrogen (secondary N) is 2. The molecule has 0 aliphatic heterocycles. The minimum absolute atomic E-state index is 0.112. The average molecular weight is 345 g/mol. The van der Waals surface area contributed by atoms with Crippen molar-refractivity contribution in [3.05, 3.63) is 28.5 Å². The fraction of sp³-hybridized carbons (Fsp3) is 0.500. The molecule has 20 heavy (non-hydrogen) atoms. The van der Waals surface area contributed by atoms with Crippen LogP contribution in [0.1, 0.15) is 32.1 Å². The van der Waals surface area contributed by atoms with Crippen LogP contribution in [0.4, 0.5) is 14.9 Å². The van der Waals surface area contributed by atoms with Crippen molar-refractivity contribution in [3.8, 4) is 0 Å². The Hall–Kier alpha value is -1.14. The average Bonchev–Trinajstić information content (AvgIpc) is 2.41. The molecule has 0 spiro atoms. The van der Waals surface area contributed by atoms with Crippen LogP contribution in [-0.4, -0.2) is 23.3 Å². The van der Waals surface area contributed by atoms with Gasteiger partial charge in [-0.3, -0.25) is 0 Å². The van der Waals surface area contributed by atoms with E-state index in [1.54, 1.807) is 6.07 Å². The molecule has 0 aromatic heterocycles. The van der Waals surface area contributed by atoms with Crippen molar-refractivity contribution in [2.24, 2.45) is 0 Å². The Kier molecular flexibility index (Phi) is 4.99. The molecule has 0 heterocycles. The SMILES string of the molecule is O=C(NCC1(O)CCCCC1)Nc1ccc(Br)cc1F. The summed E-state index contributed by atoms with van der Waals surface area (Å²) in [5, 5.41) is 15.3. The maximum atomic E-state index is 13.6. The van der Waals surface area contributed by atoms with Crippen LogP contribution >= 0.6 is 15.9 Å². The summed E-state index contributed by atoms with van der Waals surface area (Å²) in [7, 11) is 0. The topological polar surface area (TPSA) is 61.4 Å². The van der Waals surface area contributed by atoms with Gasteiger partial charge in [0.15, 0.2) is 0 Å². The number of benzene rings is 1. The van der Waals surface area contributed by atoms with Crippen molar-refractivity contribution >= 4 is 27.6 Å². The lowest BCUT2D eigenvalue weighted by Gasteiger charge is -2.32. The van der Waals surface area contributed by atoms with Gasteiger partial charge in [0.2, 0.25) is 0 Å². The van der Waals surface area contributed by atoms with Gasteiger partial charge in [-0.25, -0.2) is 9.18 Å². The molecule has 0 saturated heterocycles. The van der Waals surface area contributed by atoms with Gasteiger partial charge in [-0.2, -0.15) is 0 Å². The van der Waals surface area contributed by atoms with Crippen molar-refractivity contribution in [2.45, 2.75) is 37.7 Å². The van der Waals surface area contributed by atoms with Crippen molar-refractivity contribution in [3.63, 3.8) is 0 Å². The predicted octanol–water partition coefficient (Wildman–Crippen LogP) is 3.40. The van der Waals surface area contributed by atoms with E-state index in [0.717, 1.165) is 19.3 Å². The standard InChI is InChI=1S/C14H18BrFN2O2/c15-10-4-5-12(11(16)8-10)18-13(19)17-9-14(20)6-2-1-3-7-14/h4-5,8,20H,1-3,6-7,9H2,(H2,17,18,19). The highest BCUT2D eigenvalue weighted by Gasteiger charge is 2.29. The molecular weight excluding hydrogens is 327 g/mol. The number of urea groups is 1. The van der Waals surface area contributed by atoms with Crippen molar-refractivity contribution < 1.29 is 14.3 Å². The summed E-state index contributed by atoms with van der Waals surface area (Å²) in [4.78, 5) is 11.7. The number of hydrogen-bond donors (Lipinski definition) is 3. The Morgan fingerprint density at radius 2 is 2.05 bits per heavy atom. The van der Waals surface area contributed by atoms with E-state index in [4.69, 9.17) is 0 Å². The van der Waals surface area contributed by atoms with E-state index in [1.807, 2.05) is 0 Å². The number of carbonyl (C=O) groups is 1. The van der Waals surface area contributed by atoms with E-state index < -0.39 is 17.4 Å². The van der Waals surface area contributed by atoms with Crippen LogP contribution in [0.15, 0.2) is 22.7 Å². The largest absolute Gasteiger partial charge is 0.388 e. The molecule has 1 fully saturated rings. The van der Waals surface area contributed by atoms with Crippen molar-refractivity contribution in [1.29, 1.82) is 0 Å². The first kappa shape index (κ1) is 15.3. The highest BCUT2D eigenvalue weighted by molar-refractivity contribution is 9.10. The van der Waals surface area contributed by atoms with Gasteiger partial charge in [0.05, 0.1) is 11.3 Å². The normalized spacial score (nSPS) is 17.6. The third kappa shape index (κ3) is 4.18. The van der Waals surface area contributed by atoms with E-state index in [1.165, 1.54) is 12.1 Å². The number of hydrogen-bond acceptors (Lipinski definition) is 2. The second-order valence-corrected chi connectivity index (χ2v) is 6.13. The lowest BCUT2D eigenvalue weighted by atomic mass is 9.85. The maximum absolute atomic E-state index is 13.6. The first-order valence-corrected chi connectivity index (χ1v) is 7.50. The lowest BCUT2D eigenvalue weighted by Crippen LogP contribution is -2.45. The summed E-state index contributed by atoms with van der Waals surface area (Å²) in [6.45, 7) is 0.191. The van der Waals surface area contributed by atoms with Gasteiger partial charge < -0.3 is 15.7 Å². The minimum Gasteiger partial charge on any atom is -0.388 e. The molecule has 0 unspecified atom stereocenters. The number of carbonyl (C=O) groups excluding carboxylic acids is 1. The van der Waals surface area contributed by atoms with Crippen LogP contribution in [0, 0.1) is 5.82 Å². The fourth-order valence-electron chi connectivity index (χ4n) is 2.39. The molecule has 1 aromatic carbocycles. The molecule has 0 radical (unpaired) electrons. The molecule has 2 amide bonds. The van der Waals surface area contributed by atoms with Gasteiger partial charge in [0, 0.05) is 11.0 Å². The summed E-state index contributed by atoms with van der Waals surface area (Å²) < 4.78 is 14.2. The predicted molar refractivity (Wildman–Crippen MR) is 79.2 cm³/mol. The van der Waals surface area contributed by atoms with Gasteiger partial charge in [-0.15, -0.1) is 0 Å². The number of amides is 2. The molecule has 1 aromatic rings. The highest BCUT2D eigenvalue weighted by Crippen LogP contribution is 2.27. The smallest absolute Gasteiger partial charge is 0.319 e. The van der Waals surface area contributed by atoms with Crippen molar-refractivity contribution in [1.82, 2.24) is 5.32 Å². The molecule has 110 valence electrons. The quantitative estimate of drug-likeness (QED) is 0.786. The number of rotatable bonds is 3. The molecule has 2 rings (SSSR count). The molecule has 6 heteroatoms. The zero-order valence-electron chi connectivity index (χ0n) is 11.1. The molecule has 0 atom stereocenters. The first-order valence-electron chi connectivity index (χ1n) is 6.71. The monoisotopic (exact) mass is 344 g/mol. The first-order chi connectivity index (χ1) is 9.48. The molecule has 1 aliphatic rings. The van der Waals surface area contributed by atoms with E-state index in [2.05, 4.69) is 26.6 Å². The molecule has 3 N–H and O–H groups in total. The second-order valence-electron chi connectivity index (χ2n) is 5.22. The van der Waals surface area contributed by atoms with Crippen LogP contribution in [0.3, 0.4) is 0 Å². The van der Waals surface area contributed by atoms with Gasteiger partial charge in [0.1, 0.15) is 5.82 Å². The molecule has 4 nitrogen and oxygen atoms in total. The van der Waals surface area contributed by atoms with Gasteiger partial charge in [-0.05, 0) is 31.0 Å². The zero-order chi connectivity index (χ0) is 14.6. The third-order valence-electron chi connectivity index (χ3n) is 3.54. The van der Waals surface area contributed by atoms with E-state index in [0.29, 0.717) is 17.3 Å². The number of aliphatic hydroxyl groups is 1. The highest BCUT2D eigenvalue weighted by atomic mass is 79.9. The van der Waals surface area contributed by atoms with Crippen LogP contribution in [0.2, 0.25) is 0 Å². The van der Waals surface area contributed by atoms with Crippen LogP contribution in [-0.2, 0) is 0 Å². The minimum atomic E-state index is -0.826. The second kappa shape index (κ2) is 6.54. The Labute approximate surface area is 125 Å².